The van der Waals surface area contributed by atoms with Gasteiger partial charge in [0.05, 0.1) is 24.8 Å². The summed E-state index contributed by atoms with van der Waals surface area (Å²) in [6, 6.07) is 0. The zero-order chi connectivity index (χ0) is 16.3. The highest BCUT2D eigenvalue weighted by molar-refractivity contribution is 5.80. The minimum Gasteiger partial charge on any atom is -0.394 e. The van der Waals surface area contributed by atoms with Gasteiger partial charge in [0, 0.05) is 38.3 Å². The molecule has 1 aliphatic heterocycles. The van der Waals surface area contributed by atoms with Crippen molar-refractivity contribution in [3.05, 3.63) is 17.5 Å². The molecule has 0 bridgehead atoms. The number of aromatic nitrogens is 2. The molecule has 2 heterocycles. The van der Waals surface area contributed by atoms with Crippen molar-refractivity contribution < 1.29 is 14.7 Å². The Hall–Kier alpha value is -1.89. The summed E-state index contributed by atoms with van der Waals surface area (Å²) in [5.74, 6) is -0.257. The van der Waals surface area contributed by atoms with Crippen molar-refractivity contribution in [3.8, 4) is 0 Å². The minimum atomic E-state index is -0.750. The number of likely N-dealkylation sites (tertiary alicyclic amines) is 1. The van der Waals surface area contributed by atoms with Gasteiger partial charge in [-0.1, -0.05) is 0 Å². The van der Waals surface area contributed by atoms with E-state index >= 15 is 0 Å². The number of rotatable bonds is 5. The van der Waals surface area contributed by atoms with E-state index in [1.807, 2.05) is 14.0 Å². The summed E-state index contributed by atoms with van der Waals surface area (Å²) in [5.41, 5.74) is 1.21. The van der Waals surface area contributed by atoms with Gasteiger partial charge in [-0.2, -0.15) is 5.10 Å². The molecule has 2 amide bonds. The number of aliphatic hydroxyl groups is 1. The third kappa shape index (κ3) is 3.14. The minimum absolute atomic E-state index is 0.0950. The molecule has 1 aliphatic rings. The van der Waals surface area contributed by atoms with Crippen LogP contribution in [0.2, 0.25) is 0 Å². The fourth-order valence-electron chi connectivity index (χ4n) is 3.11. The van der Waals surface area contributed by atoms with E-state index in [4.69, 9.17) is 0 Å². The Bertz CT molecular complexity index is 569. The molecule has 122 valence electrons. The molecule has 0 aromatic carbocycles. The van der Waals surface area contributed by atoms with Crippen molar-refractivity contribution in [1.82, 2.24) is 20.0 Å². The summed E-state index contributed by atoms with van der Waals surface area (Å²) < 4.78 is 1.76. The summed E-state index contributed by atoms with van der Waals surface area (Å²) >= 11 is 0. The van der Waals surface area contributed by atoms with E-state index in [2.05, 4.69) is 10.4 Å². The fraction of sp³-hybridized carbons (Fsp3) is 0.667. The van der Waals surface area contributed by atoms with Crippen molar-refractivity contribution in [2.24, 2.45) is 7.05 Å². The number of carbonyl (C=O) groups excluding carboxylic acids is 2. The summed E-state index contributed by atoms with van der Waals surface area (Å²) in [5, 5.41) is 16.7. The van der Waals surface area contributed by atoms with Crippen LogP contribution in [0.4, 0.5) is 0 Å². The lowest BCUT2D eigenvalue weighted by Crippen LogP contribution is -2.51. The highest BCUT2D eigenvalue weighted by atomic mass is 16.3. The topological polar surface area (TPSA) is 87.5 Å². The van der Waals surface area contributed by atoms with Gasteiger partial charge in [0.1, 0.15) is 0 Å². The van der Waals surface area contributed by atoms with E-state index in [1.165, 1.54) is 6.92 Å². The zero-order valence-corrected chi connectivity index (χ0v) is 13.4. The number of amides is 2. The average molecular weight is 308 g/mol. The van der Waals surface area contributed by atoms with Gasteiger partial charge in [0.25, 0.3) is 0 Å². The molecule has 0 spiro atoms. The molecule has 2 rings (SSSR count). The van der Waals surface area contributed by atoms with E-state index in [9.17, 15) is 14.7 Å². The third-order valence-corrected chi connectivity index (χ3v) is 4.57. The number of hydrogen-bond donors (Lipinski definition) is 2. The number of aryl methyl sites for hydroxylation is 1. The SMILES string of the molecule is CC(=O)N1CCC[C@]1(CO)CC(=O)NCc1cnn(C)c1C. The lowest BCUT2D eigenvalue weighted by molar-refractivity contribution is -0.137. The summed E-state index contributed by atoms with van der Waals surface area (Å²) in [6.45, 7) is 4.24. The Morgan fingerprint density at radius 2 is 2.23 bits per heavy atom. The summed E-state index contributed by atoms with van der Waals surface area (Å²) in [7, 11) is 1.85. The van der Waals surface area contributed by atoms with Gasteiger partial charge < -0.3 is 15.3 Å². The smallest absolute Gasteiger partial charge is 0.222 e. The average Bonchev–Trinajstić information content (AvgIpc) is 3.03. The van der Waals surface area contributed by atoms with Crippen LogP contribution in [-0.4, -0.2) is 50.3 Å². The van der Waals surface area contributed by atoms with Crippen LogP contribution in [0.25, 0.3) is 0 Å². The van der Waals surface area contributed by atoms with Gasteiger partial charge >= 0.3 is 0 Å². The lowest BCUT2D eigenvalue weighted by Gasteiger charge is -2.36. The number of carbonyl (C=O) groups is 2. The highest BCUT2D eigenvalue weighted by Crippen LogP contribution is 2.32. The van der Waals surface area contributed by atoms with Gasteiger partial charge in [-0.15, -0.1) is 0 Å². The standard InChI is InChI=1S/C15H24N4O3/c1-11-13(9-17-18(11)3)8-16-14(22)7-15(10-20)5-4-6-19(15)12(2)21/h9,20H,4-8,10H2,1-3H3,(H,16,22)/t15-/m1/s1. The molecule has 22 heavy (non-hydrogen) atoms. The zero-order valence-electron chi connectivity index (χ0n) is 13.4. The third-order valence-electron chi connectivity index (χ3n) is 4.57. The molecule has 0 aliphatic carbocycles. The number of nitrogens with one attached hydrogen (secondary N) is 1. The molecular weight excluding hydrogens is 284 g/mol. The van der Waals surface area contributed by atoms with Gasteiger partial charge in [0.15, 0.2) is 0 Å². The van der Waals surface area contributed by atoms with Crippen molar-refractivity contribution in [2.45, 2.75) is 45.2 Å². The molecule has 0 unspecified atom stereocenters. The highest BCUT2D eigenvalue weighted by Gasteiger charge is 2.43. The Morgan fingerprint density at radius 1 is 1.50 bits per heavy atom. The number of nitrogens with zero attached hydrogens (tertiary/aromatic N) is 3. The van der Waals surface area contributed by atoms with Crippen LogP contribution < -0.4 is 5.32 Å². The van der Waals surface area contributed by atoms with Gasteiger partial charge in [0.2, 0.25) is 11.8 Å². The van der Waals surface area contributed by atoms with Crippen LogP contribution >= 0.6 is 0 Å². The summed E-state index contributed by atoms with van der Waals surface area (Å²) in [6.07, 6.45) is 3.33. The van der Waals surface area contributed by atoms with Gasteiger partial charge in [-0.05, 0) is 19.8 Å². The Balaban J connectivity index is 1.98. The molecule has 2 N–H and O–H groups in total. The van der Waals surface area contributed by atoms with Crippen molar-refractivity contribution >= 4 is 11.8 Å². The molecule has 1 aromatic heterocycles. The van der Waals surface area contributed by atoms with Crippen LogP contribution in [0.1, 0.15) is 37.4 Å². The van der Waals surface area contributed by atoms with E-state index in [-0.39, 0.29) is 24.8 Å². The first-order valence-electron chi connectivity index (χ1n) is 7.53. The fourth-order valence-corrected chi connectivity index (χ4v) is 3.11. The maximum absolute atomic E-state index is 12.2. The Morgan fingerprint density at radius 3 is 2.77 bits per heavy atom. The van der Waals surface area contributed by atoms with Crippen molar-refractivity contribution in [1.29, 1.82) is 0 Å². The molecule has 7 heteroatoms. The predicted octanol–water partition coefficient (Wildman–Crippen LogP) is 0.108. The molecule has 1 saturated heterocycles. The molecule has 1 aromatic rings. The van der Waals surface area contributed by atoms with Crippen LogP contribution in [-0.2, 0) is 23.2 Å². The molecule has 0 radical (unpaired) electrons. The quantitative estimate of drug-likeness (QED) is 0.808. The maximum atomic E-state index is 12.2. The second-order valence-electron chi connectivity index (χ2n) is 5.99. The second-order valence-corrected chi connectivity index (χ2v) is 5.99. The van der Waals surface area contributed by atoms with Crippen molar-refractivity contribution in [2.75, 3.05) is 13.2 Å². The molecular formula is C15H24N4O3. The number of hydrogen-bond acceptors (Lipinski definition) is 4. The van der Waals surface area contributed by atoms with Crippen LogP contribution in [0, 0.1) is 6.92 Å². The lowest BCUT2D eigenvalue weighted by atomic mass is 9.92. The first-order chi connectivity index (χ1) is 10.4. The maximum Gasteiger partial charge on any atom is 0.222 e. The Labute approximate surface area is 130 Å². The van der Waals surface area contributed by atoms with Crippen LogP contribution in [0.5, 0.6) is 0 Å². The number of aliphatic hydroxyl groups excluding tert-OH is 1. The van der Waals surface area contributed by atoms with Gasteiger partial charge in [-0.3, -0.25) is 14.3 Å². The first-order valence-corrected chi connectivity index (χ1v) is 7.53. The Kier molecular flexibility index (Phi) is 4.85. The molecule has 1 fully saturated rings. The molecule has 1 atom stereocenters. The first kappa shape index (κ1) is 16.5. The van der Waals surface area contributed by atoms with E-state index in [0.717, 1.165) is 17.7 Å². The molecule has 7 nitrogen and oxygen atoms in total. The van der Waals surface area contributed by atoms with Crippen molar-refractivity contribution in [3.63, 3.8) is 0 Å². The van der Waals surface area contributed by atoms with E-state index < -0.39 is 5.54 Å². The predicted molar refractivity (Wildman–Crippen MR) is 80.8 cm³/mol. The monoisotopic (exact) mass is 308 g/mol. The largest absolute Gasteiger partial charge is 0.394 e. The van der Waals surface area contributed by atoms with Crippen LogP contribution in [0.15, 0.2) is 6.20 Å². The second kappa shape index (κ2) is 6.48. The summed E-state index contributed by atoms with van der Waals surface area (Å²) in [4.78, 5) is 25.6. The normalized spacial score (nSPS) is 21.2. The van der Waals surface area contributed by atoms with E-state index in [0.29, 0.717) is 19.5 Å². The molecule has 0 saturated carbocycles. The van der Waals surface area contributed by atoms with Crippen LogP contribution in [0.3, 0.4) is 0 Å². The van der Waals surface area contributed by atoms with Gasteiger partial charge in [-0.25, -0.2) is 0 Å². The van der Waals surface area contributed by atoms with E-state index in [1.54, 1.807) is 15.8 Å².